The van der Waals surface area contributed by atoms with Crippen molar-refractivity contribution in [3.05, 3.63) is 28.8 Å². The number of carboxylic acids is 1. The molecule has 1 aromatic carbocycles. The van der Waals surface area contributed by atoms with Gasteiger partial charge in [0.15, 0.2) is 0 Å². The zero-order valence-corrected chi connectivity index (χ0v) is 9.94. The quantitative estimate of drug-likeness (QED) is 0.772. The lowest BCUT2D eigenvalue weighted by molar-refractivity contribution is 0.0486. The Labute approximate surface area is 104 Å². The molecule has 17 heavy (non-hydrogen) atoms. The Balaban J connectivity index is 1.93. The molecule has 1 aliphatic carbocycles. The standard InChI is InChI=1S/C12H14ClNO3/c13-11-5-8(1-2-10(11)12(16)17)14-6-7-3-9(15)4-7/h1-2,5,7,9,14-15H,3-4,6H2,(H,16,17). The van der Waals surface area contributed by atoms with Crippen molar-refractivity contribution in [1.82, 2.24) is 0 Å². The maximum absolute atomic E-state index is 10.8. The van der Waals surface area contributed by atoms with Gasteiger partial charge in [-0.1, -0.05) is 11.6 Å². The first-order chi connectivity index (χ1) is 8.06. The first-order valence-corrected chi connectivity index (χ1v) is 5.89. The minimum absolute atomic E-state index is 0.108. The van der Waals surface area contributed by atoms with Crippen molar-refractivity contribution in [3.63, 3.8) is 0 Å². The molecule has 3 N–H and O–H groups in total. The molecule has 0 spiro atoms. The number of aliphatic hydroxyl groups excluding tert-OH is 1. The van der Waals surface area contributed by atoms with Gasteiger partial charge >= 0.3 is 5.97 Å². The highest BCUT2D eigenvalue weighted by atomic mass is 35.5. The summed E-state index contributed by atoms with van der Waals surface area (Å²) in [5, 5.41) is 21.4. The maximum atomic E-state index is 10.8. The number of hydrogen-bond acceptors (Lipinski definition) is 3. The third kappa shape index (κ3) is 2.90. The Morgan fingerprint density at radius 1 is 1.47 bits per heavy atom. The van der Waals surface area contributed by atoms with Crippen LogP contribution in [0.1, 0.15) is 23.2 Å². The number of benzene rings is 1. The van der Waals surface area contributed by atoms with Gasteiger partial charge in [0.05, 0.1) is 16.7 Å². The molecule has 0 saturated heterocycles. The predicted octanol–water partition coefficient (Wildman–Crippen LogP) is 2.22. The van der Waals surface area contributed by atoms with Crippen LogP contribution in [0.25, 0.3) is 0 Å². The highest BCUT2D eigenvalue weighted by Gasteiger charge is 2.26. The van der Waals surface area contributed by atoms with E-state index in [-0.39, 0.29) is 16.7 Å². The van der Waals surface area contributed by atoms with Gasteiger partial charge in [-0.05, 0) is 37.0 Å². The summed E-state index contributed by atoms with van der Waals surface area (Å²) < 4.78 is 0. The van der Waals surface area contributed by atoms with Crippen LogP contribution in [0.2, 0.25) is 5.02 Å². The normalized spacial score (nSPS) is 22.9. The largest absolute Gasteiger partial charge is 0.478 e. The van der Waals surface area contributed by atoms with E-state index in [9.17, 15) is 4.79 Å². The van der Waals surface area contributed by atoms with Crippen LogP contribution >= 0.6 is 11.6 Å². The van der Waals surface area contributed by atoms with Crippen molar-refractivity contribution in [2.45, 2.75) is 18.9 Å². The van der Waals surface area contributed by atoms with Crippen LogP contribution in [-0.4, -0.2) is 28.8 Å². The van der Waals surface area contributed by atoms with Gasteiger partial charge in [0.1, 0.15) is 0 Å². The molecule has 0 bridgehead atoms. The summed E-state index contributed by atoms with van der Waals surface area (Å²) in [5.74, 6) is -0.536. The van der Waals surface area contributed by atoms with Crippen LogP contribution in [0.15, 0.2) is 18.2 Å². The van der Waals surface area contributed by atoms with Gasteiger partial charge in [-0.25, -0.2) is 4.79 Å². The molecule has 1 aliphatic rings. The Hall–Kier alpha value is -1.26. The summed E-state index contributed by atoms with van der Waals surface area (Å²) in [7, 11) is 0. The molecule has 4 nitrogen and oxygen atoms in total. The molecule has 5 heteroatoms. The van der Waals surface area contributed by atoms with Crippen molar-refractivity contribution < 1.29 is 15.0 Å². The number of rotatable bonds is 4. The molecule has 1 aromatic rings. The predicted molar refractivity (Wildman–Crippen MR) is 65.6 cm³/mol. The van der Waals surface area contributed by atoms with Crippen molar-refractivity contribution in [2.75, 3.05) is 11.9 Å². The number of carbonyl (C=O) groups is 1. The number of aliphatic hydroxyl groups is 1. The fourth-order valence-corrected chi connectivity index (χ4v) is 2.19. The summed E-state index contributed by atoms with van der Waals surface area (Å²) in [5.41, 5.74) is 0.915. The smallest absolute Gasteiger partial charge is 0.337 e. The fourth-order valence-electron chi connectivity index (χ4n) is 1.93. The molecule has 0 amide bonds. The lowest BCUT2D eigenvalue weighted by atomic mass is 9.82. The SMILES string of the molecule is O=C(O)c1ccc(NCC2CC(O)C2)cc1Cl. The van der Waals surface area contributed by atoms with E-state index in [0.717, 1.165) is 25.1 Å². The number of anilines is 1. The lowest BCUT2D eigenvalue weighted by Crippen LogP contribution is -2.33. The van der Waals surface area contributed by atoms with Gasteiger partial charge in [0.25, 0.3) is 0 Å². The molecule has 1 fully saturated rings. The number of hydrogen-bond donors (Lipinski definition) is 3. The number of nitrogens with one attached hydrogen (secondary N) is 1. The molecule has 0 radical (unpaired) electrons. The topological polar surface area (TPSA) is 69.6 Å². The fraction of sp³-hybridized carbons (Fsp3) is 0.417. The number of aromatic carboxylic acids is 1. The van der Waals surface area contributed by atoms with E-state index in [1.54, 1.807) is 12.1 Å². The summed E-state index contributed by atoms with van der Waals surface area (Å²) in [6.45, 7) is 0.778. The third-order valence-electron chi connectivity index (χ3n) is 3.01. The van der Waals surface area contributed by atoms with Gasteiger partial charge in [0, 0.05) is 12.2 Å². The van der Waals surface area contributed by atoms with Gasteiger partial charge in [0.2, 0.25) is 0 Å². The second kappa shape index (κ2) is 4.94. The summed E-state index contributed by atoms with van der Waals surface area (Å²) in [6.07, 6.45) is 1.50. The van der Waals surface area contributed by atoms with Crippen molar-refractivity contribution in [1.29, 1.82) is 0 Å². The molecule has 0 unspecified atom stereocenters. The molecule has 2 rings (SSSR count). The molecule has 0 atom stereocenters. The summed E-state index contributed by atoms with van der Waals surface area (Å²) in [4.78, 5) is 10.8. The van der Waals surface area contributed by atoms with E-state index in [1.165, 1.54) is 6.07 Å². The number of halogens is 1. The molecule has 0 aromatic heterocycles. The monoisotopic (exact) mass is 255 g/mol. The molecule has 92 valence electrons. The summed E-state index contributed by atoms with van der Waals surface area (Å²) in [6, 6.07) is 4.80. The maximum Gasteiger partial charge on any atom is 0.337 e. The van der Waals surface area contributed by atoms with Crippen LogP contribution < -0.4 is 5.32 Å². The second-order valence-corrected chi connectivity index (χ2v) is 4.78. The van der Waals surface area contributed by atoms with E-state index in [2.05, 4.69) is 5.32 Å². The highest BCUT2D eigenvalue weighted by molar-refractivity contribution is 6.33. The minimum atomic E-state index is -1.02. The van der Waals surface area contributed by atoms with Gasteiger partial charge in [-0.3, -0.25) is 0 Å². The van der Waals surface area contributed by atoms with Gasteiger partial charge < -0.3 is 15.5 Å². The minimum Gasteiger partial charge on any atom is -0.478 e. The van der Waals surface area contributed by atoms with E-state index >= 15 is 0 Å². The van der Waals surface area contributed by atoms with Crippen LogP contribution in [0, 0.1) is 5.92 Å². The Morgan fingerprint density at radius 2 is 2.18 bits per heavy atom. The average molecular weight is 256 g/mol. The molecular formula is C12H14ClNO3. The van der Waals surface area contributed by atoms with Gasteiger partial charge in [-0.2, -0.15) is 0 Å². The highest BCUT2D eigenvalue weighted by Crippen LogP contribution is 2.28. The molecule has 0 heterocycles. The number of carboxylic acid groups (broad SMARTS) is 1. The van der Waals surface area contributed by atoms with Crippen LogP contribution in [0.4, 0.5) is 5.69 Å². The van der Waals surface area contributed by atoms with Crippen molar-refractivity contribution in [3.8, 4) is 0 Å². The first-order valence-electron chi connectivity index (χ1n) is 5.51. The molecular weight excluding hydrogens is 242 g/mol. The van der Waals surface area contributed by atoms with Crippen LogP contribution in [-0.2, 0) is 0 Å². The Morgan fingerprint density at radius 3 is 2.71 bits per heavy atom. The van der Waals surface area contributed by atoms with E-state index in [4.69, 9.17) is 21.8 Å². The van der Waals surface area contributed by atoms with Crippen LogP contribution in [0.5, 0.6) is 0 Å². The second-order valence-electron chi connectivity index (χ2n) is 4.37. The van der Waals surface area contributed by atoms with E-state index in [0.29, 0.717) is 5.92 Å². The zero-order valence-electron chi connectivity index (χ0n) is 9.19. The Kier molecular flexibility index (Phi) is 3.54. The van der Waals surface area contributed by atoms with E-state index in [1.807, 2.05) is 0 Å². The average Bonchev–Trinajstić information content (AvgIpc) is 2.22. The van der Waals surface area contributed by atoms with Crippen molar-refractivity contribution >= 4 is 23.3 Å². The van der Waals surface area contributed by atoms with Crippen LogP contribution in [0.3, 0.4) is 0 Å². The van der Waals surface area contributed by atoms with Crippen molar-refractivity contribution in [2.24, 2.45) is 5.92 Å². The zero-order chi connectivity index (χ0) is 12.4. The lowest BCUT2D eigenvalue weighted by Gasteiger charge is -2.31. The first kappa shape index (κ1) is 12.2. The third-order valence-corrected chi connectivity index (χ3v) is 3.32. The van der Waals surface area contributed by atoms with Gasteiger partial charge in [-0.15, -0.1) is 0 Å². The molecule has 1 saturated carbocycles. The molecule has 0 aliphatic heterocycles. The van der Waals surface area contributed by atoms with E-state index < -0.39 is 5.97 Å². The summed E-state index contributed by atoms with van der Waals surface area (Å²) >= 11 is 5.85. The Bertz CT molecular complexity index is 430.